The van der Waals surface area contributed by atoms with Crippen LogP contribution in [0.3, 0.4) is 0 Å². The molecule has 0 atom stereocenters. The fraction of sp³-hybridized carbons (Fsp3) is 0.364. The molecule has 1 aromatic heterocycles. The van der Waals surface area contributed by atoms with Crippen LogP contribution < -0.4 is 5.32 Å². The standard InChI is InChI=1S/C11H14ClN3O2/c1-13-10(16)4-6-15(2)11(17)8-7-14-5-3-9(8)12/h3,5,7H,4,6H2,1-2H3,(H,13,16). The van der Waals surface area contributed by atoms with Crippen LogP contribution in [0.1, 0.15) is 16.8 Å². The van der Waals surface area contributed by atoms with E-state index in [-0.39, 0.29) is 18.2 Å². The Labute approximate surface area is 105 Å². The third-order valence-corrected chi connectivity index (χ3v) is 2.63. The van der Waals surface area contributed by atoms with Crippen LogP contribution in [0.2, 0.25) is 5.02 Å². The Kier molecular flexibility index (Phi) is 4.90. The second-order valence-electron chi connectivity index (χ2n) is 3.51. The lowest BCUT2D eigenvalue weighted by Gasteiger charge is -2.16. The van der Waals surface area contributed by atoms with Gasteiger partial charge in [-0.2, -0.15) is 0 Å². The molecule has 0 aliphatic carbocycles. The van der Waals surface area contributed by atoms with Crippen molar-refractivity contribution in [1.29, 1.82) is 0 Å². The highest BCUT2D eigenvalue weighted by atomic mass is 35.5. The number of hydrogen-bond donors (Lipinski definition) is 1. The minimum atomic E-state index is -0.244. The molecule has 1 heterocycles. The van der Waals surface area contributed by atoms with E-state index in [0.29, 0.717) is 17.1 Å². The normalized spacial score (nSPS) is 9.82. The maximum Gasteiger partial charge on any atom is 0.256 e. The van der Waals surface area contributed by atoms with Crippen molar-refractivity contribution in [2.45, 2.75) is 6.42 Å². The van der Waals surface area contributed by atoms with Gasteiger partial charge in [0.2, 0.25) is 5.91 Å². The first-order valence-electron chi connectivity index (χ1n) is 5.11. The predicted octanol–water partition coefficient (Wildman–Crippen LogP) is 0.943. The number of aromatic nitrogens is 1. The van der Waals surface area contributed by atoms with Crippen molar-refractivity contribution in [3.05, 3.63) is 29.0 Å². The van der Waals surface area contributed by atoms with Gasteiger partial charge in [-0.1, -0.05) is 11.6 Å². The smallest absolute Gasteiger partial charge is 0.256 e. The quantitative estimate of drug-likeness (QED) is 0.871. The third kappa shape index (κ3) is 3.71. The second-order valence-corrected chi connectivity index (χ2v) is 3.91. The molecule has 0 fully saturated rings. The number of halogens is 1. The van der Waals surface area contributed by atoms with Gasteiger partial charge in [-0.25, -0.2) is 0 Å². The highest BCUT2D eigenvalue weighted by molar-refractivity contribution is 6.33. The first-order valence-corrected chi connectivity index (χ1v) is 5.49. The molecule has 0 unspecified atom stereocenters. The fourth-order valence-corrected chi connectivity index (χ4v) is 1.42. The summed E-state index contributed by atoms with van der Waals surface area (Å²) < 4.78 is 0. The van der Waals surface area contributed by atoms with E-state index in [4.69, 9.17) is 11.6 Å². The van der Waals surface area contributed by atoms with Gasteiger partial charge in [-0.3, -0.25) is 14.6 Å². The Morgan fingerprint density at radius 2 is 2.24 bits per heavy atom. The van der Waals surface area contributed by atoms with Gasteiger partial charge in [0.05, 0.1) is 10.6 Å². The SMILES string of the molecule is CNC(=O)CCN(C)C(=O)c1cnccc1Cl. The average Bonchev–Trinajstić information content (AvgIpc) is 2.35. The maximum absolute atomic E-state index is 11.9. The molecule has 0 aliphatic heterocycles. The molecule has 0 aromatic carbocycles. The molecule has 6 heteroatoms. The van der Waals surface area contributed by atoms with Crippen molar-refractivity contribution in [3.63, 3.8) is 0 Å². The summed E-state index contributed by atoms with van der Waals surface area (Å²) in [4.78, 5) is 28.3. The zero-order chi connectivity index (χ0) is 12.8. The molecule has 17 heavy (non-hydrogen) atoms. The monoisotopic (exact) mass is 255 g/mol. The van der Waals surface area contributed by atoms with Gasteiger partial charge in [0.15, 0.2) is 0 Å². The van der Waals surface area contributed by atoms with Crippen LogP contribution >= 0.6 is 11.6 Å². The van der Waals surface area contributed by atoms with E-state index in [1.165, 1.54) is 17.3 Å². The number of carbonyl (C=O) groups excluding carboxylic acids is 2. The van der Waals surface area contributed by atoms with Crippen molar-refractivity contribution in [3.8, 4) is 0 Å². The molecule has 0 saturated heterocycles. The summed E-state index contributed by atoms with van der Waals surface area (Å²) in [6.07, 6.45) is 3.20. The van der Waals surface area contributed by atoms with Crippen molar-refractivity contribution in [1.82, 2.24) is 15.2 Å². The topological polar surface area (TPSA) is 62.3 Å². The molecule has 0 spiro atoms. The Morgan fingerprint density at radius 3 is 2.82 bits per heavy atom. The van der Waals surface area contributed by atoms with Crippen molar-refractivity contribution in [2.24, 2.45) is 0 Å². The second kappa shape index (κ2) is 6.20. The molecule has 0 aliphatic rings. The van der Waals surface area contributed by atoms with Gasteiger partial charge in [0.25, 0.3) is 5.91 Å². The lowest BCUT2D eigenvalue weighted by atomic mass is 10.2. The lowest BCUT2D eigenvalue weighted by Crippen LogP contribution is -2.31. The Balaban J connectivity index is 2.64. The number of nitrogens with one attached hydrogen (secondary N) is 1. The zero-order valence-corrected chi connectivity index (χ0v) is 10.5. The Morgan fingerprint density at radius 1 is 1.53 bits per heavy atom. The summed E-state index contributed by atoms with van der Waals surface area (Å²) in [6.45, 7) is 0.337. The highest BCUT2D eigenvalue weighted by Crippen LogP contribution is 2.15. The number of carbonyl (C=O) groups is 2. The summed E-state index contributed by atoms with van der Waals surface area (Å²) in [5, 5.41) is 2.85. The van der Waals surface area contributed by atoms with Gasteiger partial charge in [-0.05, 0) is 6.07 Å². The van der Waals surface area contributed by atoms with Gasteiger partial charge in [-0.15, -0.1) is 0 Å². The van der Waals surface area contributed by atoms with Crippen LogP contribution in [-0.4, -0.2) is 42.3 Å². The summed E-state index contributed by atoms with van der Waals surface area (Å²) in [5.74, 6) is -0.353. The molecule has 0 saturated carbocycles. The van der Waals surface area contributed by atoms with Crippen LogP contribution in [0.25, 0.3) is 0 Å². The number of nitrogens with zero attached hydrogens (tertiary/aromatic N) is 2. The number of rotatable bonds is 4. The summed E-state index contributed by atoms with van der Waals surface area (Å²) in [7, 11) is 3.18. The summed E-state index contributed by atoms with van der Waals surface area (Å²) in [6, 6.07) is 1.56. The number of pyridine rings is 1. The zero-order valence-electron chi connectivity index (χ0n) is 9.74. The molecular formula is C11H14ClN3O2. The van der Waals surface area contributed by atoms with Crippen LogP contribution in [0.4, 0.5) is 0 Å². The van der Waals surface area contributed by atoms with Crippen LogP contribution in [-0.2, 0) is 4.79 Å². The predicted molar refractivity (Wildman–Crippen MR) is 64.9 cm³/mol. The average molecular weight is 256 g/mol. The minimum Gasteiger partial charge on any atom is -0.359 e. The van der Waals surface area contributed by atoms with Crippen molar-refractivity contribution in [2.75, 3.05) is 20.6 Å². The van der Waals surface area contributed by atoms with Gasteiger partial charge >= 0.3 is 0 Å². The maximum atomic E-state index is 11.9. The first kappa shape index (κ1) is 13.4. The van der Waals surface area contributed by atoms with Crippen LogP contribution in [0, 0.1) is 0 Å². The van der Waals surface area contributed by atoms with E-state index in [0.717, 1.165) is 0 Å². The molecule has 0 bridgehead atoms. The van der Waals surface area contributed by atoms with E-state index >= 15 is 0 Å². The molecule has 1 N–H and O–H groups in total. The molecular weight excluding hydrogens is 242 g/mol. The molecule has 1 aromatic rings. The minimum absolute atomic E-state index is 0.109. The Hall–Kier alpha value is -1.62. The highest BCUT2D eigenvalue weighted by Gasteiger charge is 2.15. The van der Waals surface area contributed by atoms with E-state index in [1.54, 1.807) is 20.2 Å². The van der Waals surface area contributed by atoms with Crippen molar-refractivity contribution >= 4 is 23.4 Å². The summed E-state index contributed by atoms with van der Waals surface area (Å²) in [5.41, 5.74) is 0.341. The molecule has 2 amide bonds. The van der Waals surface area contributed by atoms with Crippen LogP contribution in [0.15, 0.2) is 18.5 Å². The van der Waals surface area contributed by atoms with E-state index in [9.17, 15) is 9.59 Å². The number of amides is 2. The van der Waals surface area contributed by atoms with Crippen LogP contribution in [0.5, 0.6) is 0 Å². The van der Waals surface area contributed by atoms with E-state index in [1.807, 2.05) is 0 Å². The molecule has 5 nitrogen and oxygen atoms in total. The molecule has 1 rings (SSSR count). The van der Waals surface area contributed by atoms with Gasteiger partial charge in [0, 0.05) is 39.5 Å². The lowest BCUT2D eigenvalue weighted by molar-refractivity contribution is -0.120. The third-order valence-electron chi connectivity index (χ3n) is 2.30. The number of hydrogen-bond acceptors (Lipinski definition) is 3. The first-order chi connectivity index (χ1) is 8.06. The van der Waals surface area contributed by atoms with E-state index in [2.05, 4.69) is 10.3 Å². The fourth-order valence-electron chi connectivity index (χ4n) is 1.24. The van der Waals surface area contributed by atoms with Gasteiger partial charge < -0.3 is 10.2 Å². The Bertz CT molecular complexity index is 423. The molecule has 92 valence electrons. The summed E-state index contributed by atoms with van der Waals surface area (Å²) >= 11 is 5.89. The van der Waals surface area contributed by atoms with Gasteiger partial charge in [0.1, 0.15) is 0 Å². The van der Waals surface area contributed by atoms with Crippen molar-refractivity contribution < 1.29 is 9.59 Å². The largest absolute Gasteiger partial charge is 0.359 e. The molecule has 0 radical (unpaired) electrons. The van der Waals surface area contributed by atoms with E-state index < -0.39 is 0 Å².